The van der Waals surface area contributed by atoms with Crippen molar-refractivity contribution in [3.8, 4) is 0 Å². The van der Waals surface area contributed by atoms with Gasteiger partial charge in [-0.3, -0.25) is 4.98 Å². The first-order chi connectivity index (χ1) is 11.7. The maximum Gasteiger partial charge on any atom is 0.319 e. The predicted octanol–water partition coefficient (Wildman–Crippen LogP) is 2.89. The number of hydrogen-bond donors (Lipinski definition) is 2. The zero-order chi connectivity index (χ0) is 16.8. The standard InChI is InChI=1S/C17H19ClN4O2/c18-14-1-2-16(22-7-9-24-10-8-22)15(11-14)21-17(23)20-12-13-3-5-19-6-4-13/h1-6,11H,7-10,12H2,(H2,20,21,23). The normalized spacial score (nSPS) is 14.3. The summed E-state index contributed by atoms with van der Waals surface area (Å²) in [5.74, 6) is 0. The number of hydrogen-bond acceptors (Lipinski definition) is 4. The van der Waals surface area contributed by atoms with E-state index in [4.69, 9.17) is 16.3 Å². The lowest BCUT2D eigenvalue weighted by molar-refractivity contribution is 0.123. The average molecular weight is 347 g/mol. The van der Waals surface area contributed by atoms with Gasteiger partial charge in [-0.2, -0.15) is 0 Å². The number of carbonyl (C=O) groups is 1. The molecule has 1 saturated heterocycles. The smallest absolute Gasteiger partial charge is 0.319 e. The van der Waals surface area contributed by atoms with Crippen LogP contribution in [0.25, 0.3) is 0 Å². The van der Waals surface area contributed by atoms with Gasteiger partial charge in [0, 0.05) is 37.1 Å². The van der Waals surface area contributed by atoms with Crippen molar-refractivity contribution in [1.82, 2.24) is 10.3 Å². The molecule has 24 heavy (non-hydrogen) atoms. The highest BCUT2D eigenvalue weighted by molar-refractivity contribution is 6.31. The SMILES string of the molecule is O=C(NCc1ccncc1)Nc1cc(Cl)ccc1N1CCOCC1. The van der Waals surface area contributed by atoms with Gasteiger partial charge in [0.25, 0.3) is 0 Å². The third-order valence-electron chi connectivity index (χ3n) is 3.76. The van der Waals surface area contributed by atoms with E-state index in [0.29, 0.717) is 30.5 Å². The molecule has 1 aromatic heterocycles. The van der Waals surface area contributed by atoms with E-state index in [-0.39, 0.29) is 6.03 Å². The van der Waals surface area contributed by atoms with Crippen molar-refractivity contribution in [2.45, 2.75) is 6.54 Å². The van der Waals surface area contributed by atoms with Gasteiger partial charge in [0.05, 0.1) is 24.6 Å². The summed E-state index contributed by atoms with van der Waals surface area (Å²) in [6.45, 7) is 3.36. The number of rotatable bonds is 4. The number of anilines is 2. The van der Waals surface area contributed by atoms with E-state index >= 15 is 0 Å². The van der Waals surface area contributed by atoms with Crippen LogP contribution in [0.3, 0.4) is 0 Å². The number of aromatic nitrogens is 1. The number of carbonyl (C=O) groups excluding carboxylic acids is 1. The summed E-state index contributed by atoms with van der Waals surface area (Å²) in [6.07, 6.45) is 3.39. The Morgan fingerprint density at radius 3 is 2.71 bits per heavy atom. The molecule has 2 aromatic rings. The second-order valence-electron chi connectivity index (χ2n) is 5.42. The van der Waals surface area contributed by atoms with E-state index in [0.717, 1.165) is 24.3 Å². The number of benzene rings is 1. The number of amides is 2. The zero-order valence-electron chi connectivity index (χ0n) is 13.2. The monoisotopic (exact) mass is 346 g/mol. The maximum atomic E-state index is 12.2. The van der Waals surface area contributed by atoms with Crippen molar-refractivity contribution in [1.29, 1.82) is 0 Å². The van der Waals surface area contributed by atoms with Crippen LogP contribution in [0, 0.1) is 0 Å². The highest BCUT2D eigenvalue weighted by Crippen LogP contribution is 2.29. The van der Waals surface area contributed by atoms with Crippen molar-refractivity contribution in [2.75, 3.05) is 36.5 Å². The van der Waals surface area contributed by atoms with Crippen LogP contribution in [0.15, 0.2) is 42.7 Å². The van der Waals surface area contributed by atoms with E-state index < -0.39 is 0 Å². The van der Waals surface area contributed by atoms with Crippen LogP contribution in [0.1, 0.15) is 5.56 Å². The van der Waals surface area contributed by atoms with Crippen molar-refractivity contribution in [3.63, 3.8) is 0 Å². The number of morpholine rings is 1. The molecule has 1 aliphatic heterocycles. The third kappa shape index (κ3) is 4.37. The van der Waals surface area contributed by atoms with E-state index in [1.54, 1.807) is 18.5 Å². The van der Waals surface area contributed by atoms with Crippen molar-refractivity contribution < 1.29 is 9.53 Å². The summed E-state index contributed by atoms with van der Waals surface area (Å²) in [4.78, 5) is 18.3. The lowest BCUT2D eigenvalue weighted by Gasteiger charge is -2.30. The number of nitrogens with one attached hydrogen (secondary N) is 2. The highest BCUT2D eigenvalue weighted by Gasteiger charge is 2.16. The van der Waals surface area contributed by atoms with Crippen LogP contribution in [0.2, 0.25) is 5.02 Å². The van der Waals surface area contributed by atoms with Crippen LogP contribution in [-0.2, 0) is 11.3 Å². The van der Waals surface area contributed by atoms with E-state index in [1.807, 2.05) is 24.3 Å². The van der Waals surface area contributed by atoms with Gasteiger partial charge >= 0.3 is 6.03 Å². The minimum absolute atomic E-state index is 0.274. The first kappa shape index (κ1) is 16.5. The molecule has 1 fully saturated rings. The van der Waals surface area contributed by atoms with Gasteiger partial charge in [0.15, 0.2) is 0 Å². The number of pyridine rings is 1. The fourth-order valence-corrected chi connectivity index (χ4v) is 2.71. The van der Waals surface area contributed by atoms with E-state index in [2.05, 4.69) is 20.5 Å². The largest absolute Gasteiger partial charge is 0.378 e. The van der Waals surface area contributed by atoms with Crippen LogP contribution in [0.5, 0.6) is 0 Å². The number of halogens is 1. The Hall–Kier alpha value is -2.31. The van der Waals surface area contributed by atoms with Crippen molar-refractivity contribution >= 4 is 29.0 Å². The molecule has 126 valence electrons. The first-order valence-corrected chi connectivity index (χ1v) is 8.16. The maximum absolute atomic E-state index is 12.2. The highest BCUT2D eigenvalue weighted by atomic mass is 35.5. The number of ether oxygens (including phenoxy) is 1. The minimum atomic E-state index is -0.274. The molecule has 0 bridgehead atoms. The van der Waals surface area contributed by atoms with Gasteiger partial charge in [-0.1, -0.05) is 11.6 Å². The van der Waals surface area contributed by atoms with Crippen LogP contribution < -0.4 is 15.5 Å². The molecular formula is C17H19ClN4O2. The molecule has 0 atom stereocenters. The molecule has 0 radical (unpaired) electrons. The lowest BCUT2D eigenvalue weighted by atomic mass is 10.2. The summed E-state index contributed by atoms with van der Waals surface area (Å²) in [5.41, 5.74) is 2.62. The quantitative estimate of drug-likeness (QED) is 0.893. The van der Waals surface area contributed by atoms with Crippen LogP contribution in [-0.4, -0.2) is 37.3 Å². The summed E-state index contributed by atoms with van der Waals surface area (Å²) < 4.78 is 5.38. The summed E-state index contributed by atoms with van der Waals surface area (Å²) in [7, 11) is 0. The summed E-state index contributed by atoms with van der Waals surface area (Å²) in [6, 6.07) is 8.96. The molecule has 7 heteroatoms. The van der Waals surface area contributed by atoms with Crippen molar-refractivity contribution in [2.24, 2.45) is 0 Å². The molecule has 0 saturated carbocycles. The molecule has 2 heterocycles. The number of urea groups is 1. The van der Waals surface area contributed by atoms with Gasteiger partial charge in [-0.25, -0.2) is 4.79 Å². The molecule has 6 nitrogen and oxygen atoms in total. The zero-order valence-corrected chi connectivity index (χ0v) is 13.9. The molecule has 0 aliphatic carbocycles. The summed E-state index contributed by atoms with van der Waals surface area (Å²) >= 11 is 6.09. The molecule has 0 unspecified atom stereocenters. The molecule has 2 amide bonds. The second-order valence-corrected chi connectivity index (χ2v) is 5.86. The van der Waals surface area contributed by atoms with Gasteiger partial charge in [0.1, 0.15) is 0 Å². The second kappa shape index (κ2) is 7.99. The Morgan fingerprint density at radius 1 is 1.21 bits per heavy atom. The Kier molecular flexibility index (Phi) is 5.51. The van der Waals surface area contributed by atoms with Crippen LogP contribution >= 0.6 is 11.6 Å². The van der Waals surface area contributed by atoms with E-state index in [9.17, 15) is 4.79 Å². The predicted molar refractivity (Wildman–Crippen MR) is 94.6 cm³/mol. The van der Waals surface area contributed by atoms with Gasteiger partial charge in [-0.05, 0) is 35.9 Å². The molecule has 0 spiro atoms. The molecule has 1 aliphatic rings. The topological polar surface area (TPSA) is 66.5 Å². The molecule has 3 rings (SSSR count). The van der Waals surface area contributed by atoms with Crippen LogP contribution in [0.4, 0.5) is 16.2 Å². The Balaban J connectivity index is 1.66. The minimum Gasteiger partial charge on any atom is -0.378 e. The Morgan fingerprint density at radius 2 is 1.96 bits per heavy atom. The van der Waals surface area contributed by atoms with Gasteiger partial charge < -0.3 is 20.3 Å². The third-order valence-corrected chi connectivity index (χ3v) is 4.00. The fourth-order valence-electron chi connectivity index (χ4n) is 2.54. The Bertz CT molecular complexity index is 690. The van der Waals surface area contributed by atoms with Crippen molar-refractivity contribution in [3.05, 3.63) is 53.3 Å². The van der Waals surface area contributed by atoms with Gasteiger partial charge in [-0.15, -0.1) is 0 Å². The van der Waals surface area contributed by atoms with E-state index in [1.165, 1.54) is 0 Å². The molecule has 2 N–H and O–H groups in total. The summed E-state index contributed by atoms with van der Waals surface area (Å²) in [5, 5.41) is 6.30. The Labute approximate surface area is 145 Å². The fraction of sp³-hybridized carbons (Fsp3) is 0.294. The molecular weight excluding hydrogens is 328 g/mol. The average Bonchev–Trinajstić information content (AvgIpc) is 2.62. The number of nitrogens with zero attached hydrogens (tertiary/aromatic N) is 2. The van der Waals surface area contributed by atoms with Gasteiger partial charge in [0.2, 0.25) is 0 Å². The molecule has 1 aromatic carbocycles. The lowest BCUT2D eigenvalue weighted by Crippen LogP contribution is -2.37. The first-order valence-electron chi connectivity index (χ1n) is 7.78.